The van der Waals surface area contributed by atoms with E-state index in [9.17, 15) is 18.3 Å². The molecular weight excluding hydrogens is 436 g/mol. The Labute approximate surface area is 197 Å². The zero-order chi connectivity index (χ0) is 24.1. The molecular formula is C26H34N2O4S. The first-order valence-corrected chi connectivity index (χ1v) is 13.1. The fourth-order valence-corrected chi connectivity index (χ4v) is 7.40. The van der Waals surface area contributed by atoms with Gasteiger partial charge in [-0.05, 0) is 67.0 Å². The van der Waals surface area contributed by atoms with Gasteiger partial charge >= 0.3 is 5.97 Å². The number of nitrogens with zero attached hydrogens (tertiary/aromatic N) is 2. The van der Waals surface area contributed by atoms with Crippen molar-refractivity contribution in [2.75, 3.05) is 18.0 Å². The molecule has 2 aromatic rings. The maximum Gasteiger partial charge on any atom is 0.307 e. The van der Waals surface area contributed by atoms with Gasteiger partial charge in [-0.1, -0.05) is 45.0 Å². The van der Waals surface area contributed by atoms with Crippen LogP contribution in [-0.4, -0.2) is 49.0 Å². The standard InChI is InChI=1S/C26H34N2O4S/c1-17-15-27(22-11-9-21(10-12-22)26(3,4)5)16-18(2)28(17)33(31,32)24-8-6-7-19-13-20(25(29)30)14-23(19)24/h6-12,17-18,20H,13-16H2,1-5H3,(H,29,30)/t17-,18+,20?. The summed E-state index contributed by atoms with van der Waals surface area (Å²) in [6, 6.07) is 13.3. The molecule has 1 unspecified atom stereocenters. The van der Waals surface area contributed by atoms with Gasteiger partial charge in [0.05, 0.1) is 10.8 Å². The van der Waals surface area contributed by atoms with Gasteiger partial charge in [0.2, 0.25) is 10.0 Å². The number of carboxylic acid groups (broad SMARTS) is 1. The van der Waals surface area contributed by atoms with Crippen LogP contribution in [0.25, 0.3) is 0 Å². The fourth-order valence-electron chi connectivity index (χ4n) is 5.31. The summed E-state index contributed by atoms with van der Waals surface area (Å²) in [4.78, 5) is 14.0. The number of hydrogen-bond donors (Lipinski definition) is 1. The summed E-state index contributed by atoms with van der Waals surface area (Å²) in [6.07, 6.45) is 0.653. The largest absolute Gasteiger partial charge is 0.481 e. The lowest BCUT2D eigenvalue weighted by molar-refractivity contribution is -0.141. The Bertz CT molecular complexity index is 1140. The maximum atomic E-state index is 13.8. The number of piperazine rings is 1. The highest BCUT2D eigenvalue weighted by molar-refractivity contribution is 7.89. The molecule has 4 rings (SSSR count). The van der Waals surface area contributed by atoms with E-state index in [1.165, 1.54) is 5.56 Å². The highest BCUT2D eigenvalue weighted by Crippen LogP contribution is 2.36. The van der Waals surface area contributed by atoms with Crippen molar-refractivity contribution in [1.29, 1.82) is 0 Å². The first-order valence-electron chi connectivity index (χ1n) is 11.6. The molecule has 0 saturated carbocycles. The van der Waals surface area contributed by atoms with Crippen molar-refractivity contribution in [2.24, 2.45) is 5.92 Å². The van der Waals surface area contributed by atoms with Crippen molar-refractivity contribution in [1.82, 2.24) is 4.31 Å². The highest BCUT2D eigenvalue weighted by Gasteiger charge is 2.41. The summed E-state index contributed by atoms with van der Waals surface area (Å²) in [5.74, 6) is -1.43. The number of fused-ring (bicyclic) bond motifs is 1. The second kappa shape index (κ2) is 8.44. The minimum atomic E-state index is -3.75. The third-order valence-corrected chi connectivity index (χ3v) is 9.20. The van der Waals surface area contributed by atoms with Crippen LogP contribution in [0, 0.1) is 5.92 Å². The van der Waals surface area contributed by atoms with Gasteiger partial charge in [0.25, 0.3) is 0 Å². The van der Waals surface area contributed by atoms with Crippen LogP contribution in [-0.2, 0) is 33.1 Å². The van der Waals surface area contributed by atoms with Gasteiger partial charge in [0.1, 0.15) is 0 Å². The monoisotopic (exact) mass is 470 g/mol. The molecule has 2 aromatic carbocycles. The maximum absolute atomic E-state index is 13.8. The van der Waals surface area contributed by atoms with Crippen LogP contribution in [0.3, 0.4) is 0 Å². The third-order valence-electron chi connectivity index (χ3n) is 6.99. The number of anilines is 1. The lowest BCUT2D eigenvalue weighted by atomic mass is 9.87. The van der Waals surface area contributed by atoms with Gasteiger partial charge in [-0.3, -0.25) is 4.79 Å². The van der Waals surface area contributed by atoms with Crippen LogP contribution in [0.5, 0.6) is 0 Å². The van der Waals surface area contributed by atoms with Crippen molar-refractivity contribution in [2.45, 2.75) is 69.9 Å². The molecule has 7 heteroatoms. The first-order chi connectivity index (χ1) is 15.4. The first kappa shape index (κ1) is 23.8. The van der Waals surface area contributed by atoms with Gasteiger partial charge in [-0.25, -0.2) is 8.42 Å². The van der Waals surface area contributed by atoms with Gasteiger partial charge in [-0.15, -0.1) is 0 Å². The number of hydrogen-bond acceptors (Lipinski definition) is 4. The number of rotatable bonds is 4. The van der Waals surface area contributed by atoms with E-state index in [0.29, 0.717) is 25.1 Å². The molecule has 6 nitrogen and oxygen atoms in total. The molecule has 0 aromatic heterocycles. The molecule has 0 bridgehead atoms. The predicted octanol–water partition coefficient (Wildman–Crippen LogP) is 4.07. The minimum Gasteiger partial charge on any atom is -0.481 e. The Morgan fingerprint density at radius 3 is 2.12 bits per heavy atom. The van der Waals surface area contributed by atoms with E-state index in [2.05, 4.69) is 49.9 Å². The smallest absolute Gasteiger partial charge is 0.307 e. The van der Waals surface area contributed by atoms with Gasteiger partial charge in [-0.2, -0.15) is 4.31 Å². The molecule has 0 spiro atoms. The molecule has 2 aliphatic rings. The summed E-state index contributed by atoms with van der Waals surface area (Å²) < 4.78 is 29.2. The van der Waals surface area contributed by atoms with E-state index < -0.39 is 21.9 Å². The molecule has 0 radical (unpaired) electrons. The normalized spacial score (nSPS) is 24.0. The van der Waals surface area contributed by atoms with Crippen molar-refractivity contribution in [3.63, 3.8) is 0 Å². The summed E-state index contributed by atoms with van der Waals surface area (Å²) >= 11 is 0. The van der Waals surface area contributed by atoms with Gasteiger partial charge in [0.15, 0.2) is 0 Å². The average molecular weight is 471 g/mol. The van der Waals surface area contributed by atoms with Crippen molar-refractivity contribution < 1.29 is 18.3 Å². The van der Waals surface area contributed by atoms with Crippen LogP contribution in [0.4, 0.5) is 5.69 Å². The van der Waals surface area contributed by atoms with Crippen molar-refractivity contribution >= 4 is 21.7 Å². The third kappa shape index (κ3) is 4.41. The molecule has 178 valence electrons. The number of aliphatic carboxylic acids is 1. The van der Waals surface area contributed by atoms with Crippen LogP contribution >= 0.6 is 0 Å². The van der Waals surface area contributed by atoms with E-state index >= 15 is 0 Å². The Balaban J connectivity index is 1.58. The summed E-state index contributed by atoms with van der Waals surface area (Å²) in [6.45, 7) is 11.7. The Morgan fingerprint density at radius 1 is 0.970 bits per heavy atom. The lowest BCUT2D eigenvalue weighted by Gasteiger charge is -2.44. The highest BCUT2D eigenvalue weighted by atomic mass is 32.2. The zero-order valence-electron chi connectivity index (χ0n) is 20.1. The SMILES string of the molecule is C[C@@H]1CN(c2ccc(C(C)(C)C)cc2)C[C@H](C)N1S(=O)(=O)c1cccc2c1CC(C(=O)O)C2. The molecule has 1 N–H and O–H groups in total. The second-order valence-corrected chi connectivity index (χ2v) is 12.4. The Hall–Kier alpha value is -2.38. The van der Waals surface area contributed by atoms with E-state index in [1.807, 2.05) is 19.9 Å². The summed E-state index contributed by atoms with van der Waals surface area (Å²) in [5, 5.41) is 9.45. The number of benzene rings is 2. The average Bonchev–Trinajstić information content (AvgIpc) is 3.17. The quantitative estimate of drug-likeness (QED) is 0.729. The van der Waals surface area contributed by atoms with Crippen LogP contribution in [0.2, 0.25) is 0 Å². The fraction of sp³-hybridized carbons (Fsp3) is 0.500. The van der Waals surface area contributed by atoms with Crippen LogP contribution < -0.4 is 4.90 Å². The van der Waals surface area contributed by atoms with Gasteiger partial charge < -0.3 is 10.0 Å². The Kier molecular flexibility index (Phi) is 6.08. The molecule has 0 amide bonds. The molecule has 1 aliphatic heterocycles. The molecule has 33 heavy (non-hydrogen) atoms. The molecule has 1 heterocycles. The summed E-state index contributed by atoms with van der Waals surface area (Å²) in [7, 11) is -3.75. The van der Waals surface area contributed by atoms with Crippen molar-refractivity contribution in [3.05, 3.63) is 59.2 Å². The molecule has 3 atom stereocenters. The topological polar surface area (TPSA) is 77.9 Å². The molecule has 1 aliphatic carbocycles. The lowest BCUT2D eigenvalue weighted by Crippen LogP contribution is -2.58. The second-order valence-electron chi connectivity index (χ2n) is 10.6. The van der Waals surface area contributed by atoms with E-state index in [1.54, 1.807) is 16.4 Å². The van der Waals surface area contributed by atoms with Crippen molar-refractivity contribution in [3.8, 4) is 0 Å². The Morgan fingerprint density at radius 2 is 1.58 bits per heavy atom. The number of sulfonamides is 1. The minimum absolute atomic E-state index is 0.0848. The van der Waals surface area contributed by atoms with E-state index in [-0.39, 0.29) is 28.8 Å². The van der Waals surface area contributed by atoms with E-state index in [0.717, 1.165) is 11.3 Å². The predicted molar refractivity (Wildman–Crippen MR) is 130 cm³/mol. The van der Waals surface area contributed by atoms with Crippen LogP contribution in [0.1, 0.15) is 51.3 Å². The van der Waals surface area contributed by atoms with Crippen LogP contribution in [0.15, 0.2) is 47.4 Å². The van der Waals surface area contributed by atoms with E-state index in [4.69, 9.17) is 0 Å². The number of carboxylic acids is 1. The molecule has 1 saturated heterocycles. The molecule has 1 fully saturated rings. The van der Waals surface area contributed by atoms with Gasteiger partial charge in [0, 0.05) is 30.9 Å². The number of carbonyl (C=O) groups is 1. The zero-order valence-corrected chi connectivity index (χ0v) is 20.9. The summed E-state index contributed by atoms with van der Waals surface area (Å²) in [5.41, 5.74) is 3.96.